The number of carbonyl (C=O) groups is 1. The van der Waals surface area contributed by atoms with E-state index in [1.54, 1.807) is 6.07 Å². The van der Waals surface area contributed by atoms with E-state index in [1.165, 1.54) is 12.1 Å². The first-order valence-corrected chi connectivity index (χ1v) is 8.83. The van der Waals surface area contributed by atoms with Crippen molar-refractivity contribution in [2.24, 2.45) is 0 Å². The van der Waals surface area contributed by atoms with Crippen molar-refractivity contribution in [3.63, 3.8) is 0 Å². The van der Waals surface area contributed by atoms with Gasteiger partial charge in [-0.25, -0.2) is 4.39 Å². The van der Waals surface area contributed by atoms with E-state index in [4.69, 9.17) is 9.84 Å². The van der Waals surface area contributed by atoms with Crippen molar-refractivity contribution in [2.75, 3.05) is 32.1 Å². The molecule has 0 bridgehead atoms. The minimum atomic E-state index is -0.401. The lowest BCUT2D eigenvalue weighted by molar-refractivity contribution is -0.110. The van der Waals surface area contributed by atoms with Crippen molar-refractivity contribution in [1.29, 1.82) is 0 Å². The van der Waals surface area contributed by atoms with Crippen molar-refractivity contribution >= 4 is 22.9 Å². The van der Waals surface area contributed by atoms with E-state index in [9.17, 15) is 9.18 Å². The second kappa shape index (κ2) is 7.09. The monoisotopic (exact) mass is 369 g/mol. The molecule has 140 valence electrons. The van der Waals surface area contributed by atoms with Gasteiger partial charge in [-0.3, -0.25) is 9.78 Å². The molecule has 2 aliphatic heterocycles. The molecule has 2 N–H and O–H groups in total. The van der Waals surface area contributed by atoms with Crippen LogP contribution in [0.5, 0.6) is 0 Å². The molecule has 1 amide bonds. The highest BCUT2D eigenvalue weighted by atomic mass is 19.1. The van der Waals surface area contributed by atoms with Crippen molar-refractivity contribution in [1.82, 2.24) is 9.88 Å². The molecule has 0 fully saturated rings. The highest BCUT2D eigenvalue weighted by Crippen LogP contribution is 2.41. The molecule has 6 nitrogen and oxygen atoms in total. The molecule has 0 saturated carbocycles. The Morgan fingerprint density at radius 3 is 2.93 bits per heavy atom. The number of aliphatic hydroxyl groups excluding tert-OH is 1. The van der Waals surface area contributed by atoms with Crippen LogP contribution in [-0.4, -0.2) is 47.6 Å². The Balaban J connectivity index is 1.64. The van der Waals surface area contributed by atoms with Gasteiger partial charge < -0.3 is 20.1 Å². The lowest BCUT2D eigenvalue weighted by atomic mass is 10.0. The summed E-state index contributed by atoms with van der Waals surface area (Å²) in [6.07, 6.45) is 0.754. The summed E-state index contributed by atoms with van der Waals surface area (Å²) in [5, 5.41) is 11.7. The maximum Gasteiger partial charge on any atom is 0.260 e. The minimum Gasteiger partial charge on any atom is -0.486 e. The molecule has 0 saturated heterocycles. The number of rotatable bonds is 5. The van der Waals surface area contributed by atoms with Crippen molar-refractivity contribution in [3.05, 3.63) is 58.7 Å². The lowest BCUT2D eigenvalue weighted by Gasteiger charge is -2.14. The summed E-state index contributed by atoms with van der Waals surface area (Å²) >= 11 is 0. The number of anilines is 1. The maximum atomic E-state index is 13.7. The third kappa shape index (κ3) is 3.31. The van der Waals surface area contributed by atoms with Crippen LogP contribution in [0, 0.1) is 5.82 Å². The van der Waals surface area contributed by atoms with Gasteiger partial charge in [0.05, 0.1) is 17.9 Å². The van der Waals surface area contributed by atoms with E-state index in [0.29, 0.717) is 29.1 Å². The maximum absolute atomic E-state index is 13.7. The predicted molar refractivity (Wildman–Crippen MR) is 99.2 cm³/mol. The quantitative estimate of drug-likeness (QED) is 0.789. The topological polar surface area (TPSA) is 74.7 Å². The number of hydrogen-bond donors (Lipinski definition) is 2. The van der Waals surface area contributed by atoms with Gasteiger partial charge in [-0.05, 0) is 37.4 Å². The van der Waals surface area contributed by atoms with Gasteiger partial charge in [-0.1, -0.05) is 0 Å². The number of pyridine rings is 1. The van der Waals surface area contributed by atoms with Gasteiger partial charge >= 0.3 is 0 Å². The molecule has 4 rings (SSSR count). The summed E-state index contributed by atoms with van der Waals surface area (Å²) in [5.74, 6) is -0.251. The van der Waals surface area contributed by atoms with Gasteiger partial charge in [0.15, 0.2) is 0 Å². The zero-order chi connectivity index (χ0) is 19.0. The summed E-state index contributed by atoms with van der Waals surface area (Å²) in [6, 6.07) is 8.04. The van der Waals surface area contributed by atoms with Gasteiger partial charge in [0.1, 0.15) is 18.2 Å². The molecule has 3 heterocycles. The molecule has 7 heteroatoms. The summed E-state index contributed by atoms with van der Waals surface area (Å²) in [6.45, 7) is 1.82. The molecular weight excluding hydrogens is 349 g/mol. The van der Waals surface area contributed by atoms with Gasteiger partial charge in [0, 0.05) is 42.0 Å². The standard InChI is InChI=1S/C20H20FN3O3/c1-24(8-9-25)7-6-13-3-4-14-17(22-13)11-27-19(14)18-15-10-12(21)2-5-16(15)23-20(18)26/h2-5,10,25H,6-9,11H2,1H3,(H,23,26). The lowest BCUT2D eigenvalue weighted by Crippen LogP contribution is -2.24. The molecule has 0 unspecified atom stereocenters. The van der Waals surface area contributed by atoms with Crippen LogP contribution in [0.2, 0.25) is 0 Å². The van der Waals surface area contributed by atoms with Crippen LogP contribution >= 0.6 is 0 Å². The summed E-state index contributed by atoms with van der Waals surface area (Å²) < 4.78 is 19.5. The molecule has 27 heavy (non-hydrogen) atoms. The molecule has 1 aromatic heterocycles. The zero-order valence-corrected chi connectivity index (χ0v) is 15.0. The van der Waals surface area contributed by atoms with E-state index < -0.39 is 5.82 Å². The van der Waals surface area contributed by atoms with Crippen LogP contribution in [0.25, 0.3) is 11.3 Å². The van der Waals surface area contributed by atoms with Crippen LogP contribution in [0.1, 0.15) is 22.5 Å². The van der Waals surface area contributed by atoms with Crippen LogP contribution in [0.4, 0.5) is 10.1 Å². The number of likely N-dealkylation sites (N-methyl/N-ethyl adjacent to an activating group) is 1. The van der Waals surface area contributed by atoms with Crippen molar-refractivity contribution in [2.45, 2.75) is 13.0 Å². The number of ether oxygens (including phenoxy) is 1. The molecule has 2 aromatic rings. The van der Waals surface area contributed by atoms with Crippen LogP contribution in [0.15, 0.2) is 30.3 Å². The Labute approximate surface area is 156 Å². The van der Waals surface area contributed by atoms with E-state index in [2.05, 4.69) is 10.3 Å². The SMILES string of the molecule is CN(CCO)CCc1ccc2c(n1)COC2=C1C(=O)Nc2ccc(F)cc21. The number of hydrogen-bond acceptors (Lipinski definition) is 5. The van der Waals surface area contributed by atoms with E-state index >= 15 is 0 Å². The molecule has 0 radical (unpaired) electrons. The zero-order valence-electron chi connectivity index (χ0n) is 15.0. The predicted octanol–water partition coefficient (Wildman–Crippen LogP) is 2.04. The number of benzene rings is 1. The van der Waals surface area contributed by atoms with Gasteiger partial charge in [0.2, 0.25) is 0 Å². The number of aromatic nitrogens is 1. The van der Waals surface area contributed by atoms with E-state index in [-0.39, 0.29) is 19.1 Å². The first kappa shape index (κ1) is 17.6. The number of halogens is 1. The van der Waals surface area contributed by atoms with Gasteiger partial charge in [0.25, 0.3) is 5.91 Å². The number of amides is 1. The molecular formula is C20H20FN3O3. The smallest absolute Gasteiger partial charge is 0.260 e. The Morgan fingerprint density at radius 2 is 2.11 bits per heavy atom. The Hall–Kier alpha value is -2.77. The van der Waals surface area contributed by atoms with E-state index in [0.717, 1.165) is 29.9 Å². The van der Waals surface area contributed by atoms with Crippen LogP contribution < -0.4 is 5.32 Å². The largest absolute Gasteiger partial charge is 0.486 e. The first-order chi connectivity index (χ1) is 13.1. The third-order valence-corrected chi connectivity index (χ3v) is 4.81. The summed E-state index contributed by atoms with van der Waals surface area (Å²) in [5.41, 5.74) is 3.91. The molecule has 0 aliphatic carbocycles. The third-order valence-electron chi connectivity index (χ3n) is 4.81. The number of fused-ring (bicyclic) bond motifs is 2. The van der Waals surface area contributed by atoms with Gasteiger partial charge in [-0.2, -0.15) is 0 Å². The number of nitrogens with zero attached hydrogens (tertiary/aromatic N) is 2. The summed E-state index contributed by atoms with van der Waals surface area (Å²) in [7, 11) is 1.95. The fourth-order valence-electron chi connectivity index (χ4n) is 3.38. The summed E-state index contributed by atoms with van der Waals surface area (Å²) in [4.78, 5) is 19.1. The average Bonchev–Trinajstić information content (AvgIpc) is 3.19. The minimum absolute atomic E-state index is 0.128. The fraction of sp³-hybridized carbons (Fsp3) is 0.300. The normalized spacial score (nSPS) is 17.7. The Kier molecular flexibility index (Phi) is 4.63. The van der Waals surface area contributed by atoms with Crippen LogP contribution in [-0.2, 0) is 22.6 Å². The van der Waals surface area contributed by atoms with E-state index in [1.807, 2.05) is 24.1 Å². The molecule has 1 aromatic carbocycles. The average molecular weight is 369 g/mol. The number of aliphatic hydroxyl groups is 1. The highest BCUT2D eigenvalue weighted by Gasteiger charge is 2.33. The molecule has 0 spiro atoms. The molecule has 2 aliphatic rings. The highest BCUT2D eigenvalue weighted by molar-refractivity contribution is 6.36. The molecule has 0 atom stereocenters. The fourth-order valence-corrected chi connectivity index (χ4v) is 3.38. The number of carbonyl (C=O) groups excluding carboxylic acids is 1. The Morgan fingerprint density at radius 1 is 1.26 bits per heavy atom. The number of nitrogens with one attached hydrogen (secondary N) is 1. The first-order valence-electron chi connectivity index (χ1n) is 8.83. The second-order valence-corrected chi connectivity index (χ2v) is 6.71. The van der Waals surface area contributed by atoms with Crippen molar-refractivity contribution in [3.8, 4) is 0 Å². The Bertz CT molecular complexity index is 942. The van der Waals surface area contributed by atoms with Gasteiger partial charge in [-0.15, -0.1) is 0 Å². The van der Waals surface area contributed by atoms with Crippen LogP contribution in [0.3, 0.4) is 0 Å². The van der Waals surface area contributed by atoms with Crippen molar-refractivity contribution < 1.29 is 19.0 Å². The second-order valence-electron chi connectivity index (χ2n) is 6.71.